The van der Waals surface area contributed by atoms with E-state index < -0.39 is 0 Å². The molecule has 0 radical (unpaired) electrons. The van der Waals surface area contributed by atoms with Crippen LogP contribution < -0.4 is 0 Å². The second-order valence-electron chi connectivity index (χ2n) is 7.57. The lowest BCUT2D eigenvalue weighted by atomic mass is 9.87. The first-order chi connectivity index (χ1) is 13.3. The van der Waals surface area contributed by atoms with Crippen molar-refractivity contribution < 1.29 is 4.79 Å². The summed E-state index contributed by atoms with van der Waals surface area (Å²) in [6.07, 6.45) is 5.26. The molecule has 3 aromatic rings. The summed E-state index contributed by atoms with van der Waals surface area (Å²) in [6, 6.07) is 17.1. The first kappa shape index (κ1) is 16.5. The Morgan fingerprint density at radius 1 is 0.926 bits per heavy atom. The molecule has 5 nitrogen and oxygen atoms in total. The Kier molecular flexibility index (Phi) is 4.17. The molecule has 27 heavy (non-hydrogen) atoms. The largest absolute Gasteiger partial charge is 0.335 e. The number of nitrogens with zero attached hydrogens (tertiary/aromatic N) is 4. The minimum Gasteiger partial charge on any atom is -0.335 e. The van der Waals surface area contributed by atoms with Crippen LogP contribution in [0.1, 0.15) is 28.0 Å². The zero-order chi connectivity index (χ0) is 18.2. The molecule has 0 N–H and O–H groups in total. The number of aryl methyl sites for hydroxylation is 1. The number of fused-ring (bicyclic) bond motifs is 2. The second-order valence-corrected chi connectivity index (χ2v) is 7.57. The van der Waals surface area contributed by atoms with E-state index in [-0.39, 0.29) is 5.91 Å². The Labute approximate surface area is 159 Å². The molecular weight excluding hydrogens is 336 g/mol. The lowest BCUT2D eigenvalue weighted by Gasteiger charge is -2.41. The number of hydrogen-bond acceptors (Lipinski definition) is 3. The Morgan fingerprint density at radius 3 is 2.59 bits per heavy atom. The number of pyridine rings is 1. The number of rotatable bonds is 2. The van der Waals surface area contributed by atoms with Gasteiger partial charge in [-0.2, -0.15) is 5.10 Å². The van der Waals surface area contributed by atoms with Crippen molar-refractivity contribution >= 4 is 11.4 Å². The molecular formula is C22H24N4O. The lowest BCUT2D eigenvalue weighted by Crippen LogP contribution is -2.53. The van der Waals surface area contributed by atoms with Crippen LogP contribution in [0.2, 0.25) is 0 Å². The van der Waals surface area contributed by atoms with Crippen LogP contribution in [-0.2, 0) is 12.8 Å². The predicted octanol–water partition coefficient (Wildman–Crippen LogP) is 2.65. The van der Waals surface area contributed by atoms with Crippen LogP contribution in [0.4, 0.5) is 0 Å². The van der Waals surface area contributed by atoms with Crippen molar-refractivity contribution in [2.75, 3.05) is 26.2 Å². The molecule has 0 bridgehead atoms. The summed E-state index contributed by atoms with van der Waals surface area (Å²) in [5.41, 5.74) is 4.62. The molecule has 5 heteroatoms. The van der Waals surface area contributed by atoms with Gasteiger partial charge >= 0.3 is 0 Å². The SMILES string of the molecule is O=C(c1cccc2ccnn12)N1CCN(C2CCc3ccccc3C2)CC1. The predicted molar refractivity (Wildman–Crippen MR) is 105 cm³/mol. The number of aromatic nitrogens is 2. The fraction of sp³-hybridized carbons (Fsp3) is 0.364. The van der Waals surface area contributed by atoms with Gasteiger partial charge in [0, 0.05) is 32.2 Å². The monoisotopic (exact) mass is 360 g/mol. The van der Waals surface area contributed by atoms with Gasteiger partial charge in [0.2, 0.25) is 0 Å². The van der Waals surface area contributed by atoms with E-state index >= 15 is 0 Å². The molecule has 1 saturated heterocycles. The van der Waals surface area contributed by atoms with Gasteiger partial charge < -0.3 is 4.90 Å². The average molecular weight is 360 g/mol. The zero-order valence-corrected chi connectivity index (χ0v) is 15.4. The molecule has 0 spiro atoms. The first-order valence-electron chi connectivity index (χ1n) is 9.82. The van der Waals surface area contributed by atoms with Crippen molar-refractivity contribution in [1.82, 2.24) is 19.4 Å². The van der Waals surface area contributed by atoms with E-state index in [1.54, 1.807) is 10.7 Å². The fourth-order valence-electron chi connectivity index (χ4n) is 4.55. The Morgan fingerprint density at radius 2 is 1.74 bits per heavy atom. The molecule has 2 aliphatic rings. The molecule has 0 saturated carbocycles. The van der Waals surface area contributed by atoms with Crippen LogP contribution >= 0.6 is 0 Å². The Bertz CT molecular complexity index is 971. The molecule has 2 aromatic heterocycles. The third kappa shape index (κ3) is 3.02. The third-order valence-corrected chi connectivity index (χ3v) is 6.08. The zero-order valence-electron chi connectivity index (χ0n) is 15.4. The van der Waals surface area contributed by atoms with E-state index in [1.165, 1.54) is 24.0 Å². The van der Waals surface area contributed by atoms with Crippen LogP contribution in [0.5, 0.6) is 0 Å². The van der Waals surface area contributed by atoms with E-state index in [9.17, 15) is 4.79 Å². The van der Waals surface area contributed by atoms with Gasteiger partial charge in [0.1, 0.15) is 5.69 Å². The summed E-state index contributed by atoms with van der Waals surface area (Å²) in [5, 5.41) is 4.30. The van der Waals surface area contributed by atoms with E-state index in [4.69, 9.17) is 0 Å². The summed E-state index contributed by atoms with van der Waals surface area (Å²) >= 11 is 0. The van der Waals surface area contributed by atoms with Gasteiger partial charge in [-0.15, -0.1) is 0 Å². The smallest absolute Gasteiger partial charge is 0.272 e. The average Bonchev–Trinajstić information content (AvgIpc) is 3.22. The Hall–Kier alpha value is -2.66. The fourth-order valence-corrected chi connectivity index (χ4v) is 4.55. The van der Waals surface area contributed by atoms with Crippen molar-refractivity contribution in [3.05, 3.63) is 71.5 Å². The Balaban J connectivity index is 1.25. The maximum absolute atomic E-state index is 13.0. The third-order valence-electron chi connectivity index (χ3n) is 6.08. The highest BCUT2D eigenvalue weighted by molar-refractivity contribution is 5.93. The van der Waals surface area contributed by atoms with E-state index in [0.29, 0.717) is 11.7 Å². The maximum Gasteiger partial charge on any atom is 0.272 e. The van der Waals surface area contributed by atoms with Crippen molar-refractivity contribution in [3.63, 3.8) is 0 Å². The summed E-state index contributed by atoms with van der Waals surface area (Å²) in [4.78, 5) is 17.6. The van der Waals surface area contributed by atoms with Crippen molar-refractivity contribution in [2.45, 2.75) is 25.3 Å². The van der Waals surface area contributed by atoms with Crippen LogP contribution in [-0.4, -0.2) is 57.5 Å². The normalized spacial score (nSPS) is 20.6. The molecule has 1 amide bonds. The summed E-state index contributed by atoms with van der Waals surface area (Å²) in [6.45, 7) is 3.48. The first-order valence-corrected chi connectivity index (χ1v) is 9.82. The number of carbonyl (C=O) groups excluding carboxylic acids is 1. The molecule has 1 unspecified atom stereocenters. The molecule has 1 aliphatic carbocycles. The van der Waals surface area contributed by atoms with E-state index in [1.807, 2.05) is 29.2 Å². The van der Waals surface area contributed by atoms with Crippen LogP contribution in [0.3, 0.4) is 0 Å². The highest BCUT2D eigenvalue weighted by Crippen LogP contribution is 2.25. The van der Waals surface area contributed by atoms with Crippen LogP contribution in [0.15, 0.2) is 54.7 Å². The number of carbonyl (C=O) groups is 1. The number of hydrogen-bond donors (Lipinski definition) is 0. The van der Waals surface area contributed by atoms with Gasteiger partial charge in [-0.25, -0.2) is 4.52 Å². The maximum atomic E-state index is 13.0. The minimum atomic E-state index is 0.0814. The molecule has 1 fully saturated rings. The van der Waals surface area contributed by atoms with Gasteiger partial charge in [-0.3, -0.25) is 9.69 Å². The quantitative estimate of drug-likeness (QED) is 0.705. The molecule has 1 atom stereocenters. The molecule has 1 aromatic carbocycles. The van der Waals surface area contributed by atoms with Crippen molar-refractivity contribution in [3.8, 4) is 0 Å². The summed E-state index contributed by atoms with van der Waals surface area (Å²) in [7, 11) is 0. The molecule has 5 rings (SSSR count). The standard InChI is InChI=1S/C22H24N4O/c27-22(21-7-3-6-19-10-11-23-26(19)21)25-14-12-24(13-15-25)20-9-8-17-4-1-2-5-18(17)16-20/h1-7,10-11,20H,8-9,12-16H2. The molecule has 3 heterocycles. The molecule has 138 valence electrons. The molecule has 1 aliphatic heterocycles. The minimum absolute atomic E-state index is 0.0814. The number of amides is 1. The van der Waals surface area contributed by atoms with Gasteiger partial charge in [0.15, 0.2) is 0 Å². The number of benzene rings is 1. The van der Waals surface area contributed by atoms with Gasteiger partial charge in [0.05, 0.1) is 11.7 Å². The van der Waals surface area contributed by atoms with Crippen LogP contribution in [0, 0.1) is 0 Å². The van der Waals surface area contributed by atoms with E-state index in [0.717, 1.165) is 38.1 Å². The highest BCUT2D eigenvalue weighted by Gasteiger charge is 2.29. The van der Waals surface area contributed by atoms with Crippen molar-refractivity contribution in [1.29, 1.82) is 0 Å². The van der Waals surface area contributed by atoms with E-state index in [2.05, 4.69) is 34.3 Å². The second kappa shape index (κ2) is 6.82. The number of piperazine rings is 1. The van der Waals surface area contributed by atoms with Crippen LogP contribution in [0.25, 0.3) is 5.52 Å². The topological polar surface area (TPSA) is 40.9 Å². The van der Waals surface area contributed by atoms with Gasteiger partial charge in [-0.05, 0) is 48.6 Å². The summed E-state index contributed by atoms with van der Waals surface area (Å²) < 4.78 is 1.74. The van der Waals surface area contributed by atoms with Gasteiger partial charge in [0.25, 0.3) is 5.91 Å². The lowest BCUT2D eigenvalue weighted by molar-refractivity contribution is 0.0545. The summed E-state index contributed by atoms with van der Waals surface area (Å²) in [5.74, 6) is 0.0814. The highest BCUT2D eigenvalue weighted by atomic mass is 16.2. The van der Waals surface area contributed by atoms with Gasteiger partial charge in [-0.1, -0.05) is 30.3 Å². The van der Waals surface area contributed by atoms with Crippen molar-refractivity contribution in [2.24, 2.45) is 0 Å².